The van der Waals surface area contributed by atoms with Gasteiger partial charge in [0, 0.05) is 58.3 Å². The van der Waals surface area contributed by atoms with E-state index in [-0.39, 0.29) is 29.7 Å². The van der Waals surface area contributed by atoms with Crippen LogP contribution in [0.5, 0.6) is 0 Å². The standard InChI is InChI=1S/C21H37N5O2S.HI/c1-6-22-21(23-16-18-7-8-20(25(3)4)15-17(18)2)24-19-9-11-26(12-10-19)13-14-29(5,27)28;/h7-8,15,19H,6,9-14,16H2,1-5H3,(H2,22,23,24);1H. The first kappa shape index (κ1) is 27.0. The minimum absolute atomic E-state index is 0. The molecule has 0 aliphatic carbocycles. The Morgan fingerprint density at radius 1 is 1.27 bits per heavy atom. The maximum Gasteiger partial charge on any atom is 0.191 e. The second-order valence-electron chi connectivity index (χ2n) is 8.09. The van der Waals surface area contributed by atoms with Gasteiger partial charge in [-0.2, -0.15) is 0 Å². The first-order chi connectivity index (χ1) is 13.7. The number of nitrogens with one attached hydrogen (secondary N) is 2. The van der Waals surface area contributed by atoms with Crippen molar-refractivity contribution in [2.45, 2.75) is 39.3 Å². The third-order valence-corrected chi connectivity index (χ3v) is 6.23. The second-order valence-corrected chi connectivity index (χ2v) is 10.4. The summed E-state index contributed by atoms with van der Waals surface area (Å²) in [6.07, 6.45) is 3.28. The molecule has 0 amide bonds. The number of benzene rings is 1. The molecule has 172 valence electrons. The molecule has 1 fully saturated rings. The first-order valence-electron chi connectivity index (χ1n) is 10.4. The molecule has 0 radical (unpaired) electrons. The molecule has 9 heteroatoms. The lowest BCUT2D eigenvalue weighted by Gasteiger charge is -2.32. The van der Waals surface area contributed by atoms with Crippen molar-refractivity contribution in [1.29, 1.82) is 0 Å². The largest absolute Gasteiger partial charge is 0.378 e. The Hall–Kier alpha value is -1.07. The van der Waals surface area contributed by atoms with E-state index in [2.05, 4.69) is 52.5 Å². The van der Waals surface area contributed by atoms with Gasteiger partial charge >= 0.3 is 0 Å². The minimum Gasteiger partial charge on any atom is -0.378 e. The summed E-state index contributed by atoms with van der Waals surface area (Å²) in [6, 6.07) is 6.83. The van der Waals surface area contributed by atoms with Crippen LogP contribution in [-0.2, 0) is 16.4 Å². The van der Waals surface area contributed by atoms with Crippen molar-refractivity contribution in [2.24, 2.45) is 4.99 Å². The van der Waals surface area contributed by atoms with Crippen LogP contribution in [-0.4, -0.2) is 77.6 Å². The van der Waals surface area contributed by atoms with Crippen molar-refractivity contribution < 1.29 is 8.42 Å². The molecule has 0 spiro atoms. The van der Waals surface area contributed by atoms with Crippen molar-refractivity contribution >= 4 is 45.5 Å². The maximum absolute atomic E-state index is 11.4. The number of guanidine groups is 1. The Labute approximate surface area is 199 Å². The summed E-state index contributed by atoms with van der Waals surface area (Å²) in [5, 5.41) is 6.90. The van der Waals surface area contributed by atoms with Gasteiger partial charge in [0.15, 0.2) is 5.96 Å². The monoisotopic (exact) mass is 551 g/mol. The molecule has 1 aliphatic heterocycles. The van der Waals surface area contributed by atoms with Crippen molar-refractivity contribution in [1.82, 2.24) is 15.5 Å². The minimum atomic E-state index is -2.90. The van der Waals surface area contributed by atoms with E-state index in [1.807, 2.05) is 14.1 Å². The van der Waals surface area contributed by atoms with E-state index in [9.17, 15) is 8.42 Å². The predicted molar refractivity (Wildman–Crippen MR) is 138 cm³/mol. The van der Waals surface area contributed by atoms with Gasteiger partial charge in [-0.3, -0.25) is 0 Å². The second kappa shape index (κ2) is 12.7. The molecule has 0 unspecified atom stereocenters. The molecule has 0 aromatic heterocycles. The number of anilines is 1. The number of piperidine rings is 1. The summed E-state index contributed by atoms with van der Waals surface area (Å²) in [4.78, 5) is 9.13. The normalized spacial score (nSPS) is 16.1. The third kappa shape index (κ3) is 9.38. The molecule has 2 rings (SSSR count). The predicted octanol–water partition coefficient (Wildman–Crippen LogP) is 2.24. The number of nitrogens with zero attached hydrogens (tertiary/aromatic N) is 3. The van der Waals surface area contributed by atoms with Crippen molar-refractivity contribution in [3.05, 3.63) is 29.3 Å². The Balaban J connectivity index is 0.00000450. The number of aryl methyl sites for hydroxylation is 1. The van der Waals surface area contributed by atoms with Gasteiger partial charge in [0.25, 0.3) is 0 Å². The lowest BCUT2D eigenvalue weighted by atomic mass is 10.1. The number of hydrogen-bond donors (Lipinski definition) is 2. The summed E-state index contributed by atoms with van der Waals surface area (Å²) in [5.74, 6) is 1.08. The fraction of sp³-hybridized carbons (Fsp3) is 0.667. The van der Waals surface area contributed by atoms with Crippen LogP contribution in [0.25, 0.3) is 0 Å². The van der Waals surface area contributed by atoms with E-state index in [1.165, 1.54) is 23.1 Å². The van der Waals surface area contributed by atoms with E-state index in [0.717, 1.165) is 38.4 Å². The highest BCUT2D eigenvalue weighted by Gasteiger charge is 2.20. The van der Waals surface area contributed by atoms with Gasteiger partial charge in [0.05, 0.1) is 12.3 Å². The Bertz CT molecular complexity index is 791. The molecule has 1 aliphatic rings. The lowest BCUT2D eigenvalue weighted by molar-refractivity contribution is 0.216. The molecule has 1 aromatic rings. The molecular weight excluding hydrogens is 513 g/mol. The molecule has 7 nitrogen and oxygen atoms in total. The molecule has 0 atom stereocenters. The summed E-state index contributed by atoms with van der Waals surface area (Å²) in [6.45, 7) is 8.11. The van der Waals surface area contributed by atoms with Crippen LogP contribution in [0.2, 0.25) is 0 Å². The summed E-state index contributed by atoms with van der Waals surface area (Å²) < 4.78 is 22.7. The summed E-state index contributed by atoms with van der Waals surface area (Å²) >= 11 is 0. The molecule has 1 heterocycles. The van der Waals surface area contributed by atoms with Crippen LogP contribution in [0, 0.1) is 6.92 Å². The van der Waals surface area contributed by atoms with Gasteiger partial charge in [0.2, 0.25) is 0 Å². The van der Waals surface area contributed by atoms with Gasteiger partial charge in [-0.05, 0) is 49.9 Å². The molecule has 1 aromatic carbocycles. The zero-order chi connectivity index (χ0) is 21.4. The van der Waals surface area contributed by atoms with Crippen LogP contribution in [0.4, 0.5) is 5.69 Å². The molecule has 0 saturated carbocycles. The smallest absolute Gasteiger partial charge is 0.191 e. The average molecular weight is 552 g/mol. The zero-order valence-corrected chi connectivity index (χ0v) is 22.1. The molecular formula is C21H38IN5O2S. The first-order valence-corrected chi connectivity index (χ1v) is 12.5. The zero-order valence-electron chi connectivity index (χ0n) is 18.9. The van der Waals surface area contributed by atoms with Gasteiger partial charge < -0.3 is 20.4 Å². The van der Waals surface area contributed by atoms with Crippen molar-refractivity contribution in [3.63, 3.8) is 0 Å². The van der Waals surface area contributed by atoms with Crippen LogP contribution < -0.4 is 15.5 Å². The highest BCUT2D eigenvalue weighted by molar-refractivity contribution is 14.0. The van der Waals surface area contributed by atoms with Crippen molar-refractivity contribution in [3.8, 4) is 0 Å². The highest BCUT2D eigenvalue weighted by atomic mass is 127. The van der Waals surface area contributed by atoms with Crippen molar-refractivity contribution in [2.75, 3.05) is 57.2 Å². The van der Waals surface area contributed by atoms with E-state index < -0.39 is 9.84 Å². The number of halogens is 1. The quantitative estimate of drug-likeness (QED) is 0.293. The number of sulfone groups is 1. The van der Waals surface area contributed by atoms with Crippen LogP contribution in [0.15, 0.2) is 23.2 Å². The fourth-order valence-electron chi connectivity index (χ4n) is 3.41. The number of rotatable bonds is 8. The summed E-state index contributed by atoms with van der Waals surface area (Å²) in [5.41, 5.74) is 3.67. The van der Waals surface area contributed by atoms with E-state index >= 15 is 0 Å². The van der Waals surface area contributed by atoms with E-state index in [4.69, 9.17) is 4.99 Å². The van der Waals surface area contributed by atoms with Gasteiger partial charge in [0.1, 0.15) is 9.84 Å². The third-order valence-electron chi connectivity index (χ3n) is 5.30. The van der Waals surface area contributed by atoms with Gasteiger partial charge in [-0.25, -0.2) is 13.4 Å². The topological polar surface area (TPSA) is 77.0 Å². The Morgan fingerprint density at radius 3 is 2.47 bits per heavy atom. The fourth-order valence-corrected chi connectivity index (χ4v) is 4.00. The molecule has 1 saturated heterocycles. The van der Waals surface area contributed by atoms with Crippen LogP contribution >= 0.6 is 24.0 Å². The SMILES string of the molecule is CCNC(=NCc1ccc(N(C)C)cc1C)NC1CCN(CCS(C)(=O)=O)CC1.I. The number of hydrogen-bond acceptors (Lipinski definition) is 5. The van der Waals surface area contributed by atoms with E-state index in [1.54, 1.807) is 0 Å². The van der Waals surface area contributed by atoms with Gasteiger partial charge in [-0.15, -0.1) is 24.0 Å². The number of likely N-dealkylation sites (tertiary alicyclic amines) is 1. The maximum atomic E-state index is 11.4. The van der Waals surface area contributed by atoms with Crippen LogP contribution in [0.3, 0.4) is 0 Å². The highest BCUT2D eigenvalue weighted by Crippen LogP contribution is 2.18. The Morgan fingerprint density at radius 2 is 1.93 bits per heavy atom. The average Bonchev–Trinajstić information content (AvgIpc) is 2.65. The summed E-state index contributed by atoms with van der Waals surface area (Å²) in [7, 11) is 1.20. The lowest BCUT2D eigenvalue weighted by Crippen LogP contribution is -2.49. The molecule has 30 heavy (non-hydrogen) atoms. The molecule has 0 bridgehead atoms. The van der Waals surface area contributed by atoms with E-state index in [0.29, 0.717) is 19.1 Å². The van der Waals surface area contributed by atoms with Gasteiger partial charge in [-0.1, -0.05) is 6.07 Å². The molecule has 2 N–H and O–H groups in total. The van der Waals surface area contributed by atoms with Crippen LogP contribution in [0.1, 0.15) is 30.9 Å². The Kier molecular flexibility index (Phi) is 11.4. The number of aliphatic imine (C=N–C) groups is 1.